The highest BCUT2D eigenvalue weighted by Gasteiger charge is 2.27. The first-order valence-corrected chi connectivity index (χ1v) is 10.2. The minimum absolute atomic E-state index is 0.506. The Bertz CT molecular complexity index is 991. The summed E-state index contributed by atoms with van der Waals surface area (Å²) >= 11 is 0. The number of benzene rings is 2. The Morgan fingerprint density at radius 1 is 1.17 bits per heavy atom. The fourth-order valence-electron chi connectivity index (χ4n) is 3.69. The lowest BCUT2D eigenvalue weighted by molar-refractivity contribution is 0.303. The molecule has 5 heteroatoms. The number of hydrogen-bond acceptors (Lipinski definition) is 5. The molecule has 0 spiro atoms. The number of ether oxygens (including phenoxy) is 1. The third kappa shape index (κ3) is 4.25. The van der Waals surface area contributed by atoms with E-state index in [2.05, 4.69) is 48.1 Å². The van der Waals surface area contributed by atoms with Crippen LogP contribution in [0.1, 0.15) is 48.1 Å². The molecule has 2 N–H and O–H groups in total. The Balaban J connectivity index is 1.57. The summed E-state index contributed by atoms with van der Waals surface area (Å²) in [6.45, 7) is 4.66. The van der Waals surface area contributed by atoms with Gasteiger partial charge in [0.05, 0.1) is 5.69 Å². The molecule has 4 rings (SSSR count). The van der Waals surface area contributed by atoms with E-state index in [0.717, 1.165) is 40.5 Å². The maximum Gasteiger partial charge on any atom is 0.159 e. The van der Waals surface area contributed by atoms with Crippen LogP contribution in [0.4, 0.5) is 5.69 Å². The van der Waals surface area contributed by atoms with Crippen molar-refractivity contribution in [3.63, 3.8) is 0 Å². The van der Waals surface area contributed by atoms with Crippen molar-refractivity contribution in [1.82, 2.24) is 9.97 Å². The molecule has 0 atom stereocenters. The lowest BCUT2D eigenvalue weighted by atomic mass is 10.0. The van der Waals surface area contributed by atoms with Gasteiger partial charge in [0, 0.05) is 30.1 Å². The normalized spacial score (nSPS) is 13.4. The minimum Gasteiger partial charge on any atom is -0.489 e. The summed E-state index contributed by atoms with van der Waals surface area (Å²) in [6.07, 6.45) is 5.21. The SMILES string of the molecule is CCc1ccnc(-c2ccc(OCc3c(C4CC4)cccc3N(C)N)c(C)c2)n1. The number of nitrogens with zero attached hydrogens (tertiary/aromatic N) is 3. The molecule has 29 heavy (non-hydrogen) atoms. The first-order valence-electron chi connectivity index (χ1n) is 10.2. The van der Waals surface area contributed by atoms with Crippen molar-refractivity contribution >= 4 is 5.69 Å². The second-order valence-electron chi connectivity index (χ2n) is 7.72. The average molecular weight is 389 g/mol. The van der Waals surface area contributed by atoms with Crippen LogP contribution >= 0.6 is 0 Å². The van der Waals surface area contributed by atoms with Crippen LogP contribution in [0.3, 0.4) is 0 Å². The van der Waals surface area contributed by atoms with E-state index in [0.29, 0.717) is 12.5 Å². The molecule has 1 fully saturated rings. The van der Waals surface area contributed by atoms with Gasteiger partial charge in [0.1, 0.15) is 12.4 Å². The molecule has 1 heterocycles. The standard InChI is InChI=1S/C24H28N4O/c1-4-19-12-13-26-24(27-19)18-10-11-23(16(2)14-18)29-15-21-20(17-8-9-17)6-5-7-22(21)28(3)25/h5-7,10-14,17H,4,8-9,15,25H2,1-3H3. The third-order valence-electron chi connectivity index (χ3n) is 5.47. The molecule has 0 amide bonds. The summed E-state index contributed by atoms with van der Waals surface area (Å²) in [6, 6.07) is 14.4. The van der Waals surface area contributed by atoms with E-state index >= 15 is 0 Å². The molecule has 0 bridgehead atoms. The van der Waals surface area contributed by atoms with Gasteiger partial charge in [-0.2, -0.15) is 0 Å². The van der Waals surface area contributed by atoms with Gasteiger partial charge >= 0.3 is 0 Å². The van der Waals surface area contributed by atoms with Gasteiger partial charge in [-0.05, 0) is 73.6 Å². The van der Waals surface area contributed by atoms with Gasteiger partial charge in [0.2, 0.25) is 0 Å². The Kier molecular flexibility index (Phi) is 5.49. The molecule has 1 saturated carbocycles. The number of rotatable bonds is 7. The van der Waals surface area contributed by atoms with E-state index in [1.165, 1.54) is 24.0 Å². The summed E-state index contributed by atoms with van der Waals surface area (Å²) in [7, 11) is 1.87. The molecule has 150 valence electrons. The Labute approximate surface area is 172 Å². The topological polar surface area (TPSA) is 64.3 Å². The van der Waals surface area contributed by atoms with Crippen LogP contribution in [0, 0.1) is 6.92 Å². The van der Waals surface area contributed by atoms with Gasteiger partial charge in [-0.3, -0.25) is 0 Å². The first kappa shape index (κ1) is 19.4. The van der Waals surface area contributed by atoms with Crippen molar-refractivity contribution in [3.8, 4) is 17.1 Å². The van der Waals surface area contributed by atoms with Crippen LogP contribution in [0.25, 0.3) is 11.4 Å². The monoisotopic (exact) mass is 388 g/mol. The van der Waals surface area contributed by atoms with Crippen molar-refractivity contribution in [2.75, 3.05) is 12.1 Å². The lowest BCUT2D eigenvalue weighted by Crippen LogP contribution is -2.27. The van der Waals surface area contributed by atoms with Crippen molar-refractivity contribution in [1.29, 1.82) is 0 Å². The highest BCUT2D eigenvalue weighted by Crippen LogP contribution is 2.43. The van der Waals surface area contributed by atoms with E-state index in [1.807, 2.05) is 31.4 Å². The van der Waals surface area contributed by atoms with Gasteiger partial charge in [-0.15, -0.1) is 0 Å². The average Bonchev–Trinajstić information content (AvgIpc) is 3.58. The molecule has 1 aliphatic rings. The van der Waals surface area contributed by atoms with E-state index in [-0.39, 0.29) is 0 Å². The second kappa shape index (κ2) is 8.21. The van der Waals surface area contributed by atoms with Gasteiger partial charge in [-0.1, -0.05) is 19.1 Å². The molecule has 1 aromatic heterocycles. The highest BCUT2D eigenvalue weighted by molar-refractivity contribution is 5.59. The van der Waals surface area contributed by atoms with Crippen molar-refractivity contribution < 1.29 is 4.74 Å². The van der Waals surface area contributed by atoms with Gasteiger partial charge in [-0.25, -0.2) is 15.8 Å². The van der Waals surface area contributed by atoms with Crippen LogP contribution in [-0.2, 0) is 13.0 Å². The first-order chi connectivity index (χ1) is 14.1. The Morgan fingerprint density at radius 2 is 2.00 bits per heavy atom. The molecular weight excluding hydrogens is 360 g/mol. The minimum atomic E-state index is 0.506. The molecule has 0 unspecified atom stereocenters. The zero-order valence-electron chi connectivity index (χ0n) is 17.4. The number of anilines is 1. The van der Waals surface area contributed by atoms with Crippen LogP contribution < -0.4 is 15.6 Å². The lowest BCUT2D eigenvalue weighted by Gasteiger charge is -2.21. The fraction of sp³-hybridized carbons (Fsp3) is 0.333. The zero-order valence-corrected chi connectivity index (χ0v) is 17.4. The molecular formula is C24H28N4O. The van der Waals surface area contributed by atoms with Crippen molar-refractivity contribution in [3.05, 3.63) is 71.0 Å². The smallest absolute Gasteiger partial charge is 0.159 e. The number of hydrogen-bond donors (Lipinski definition) is 1. The zero-order chi connectivity index (χ0) is 20.4. The van der Waals surface area contributed by atoms with Gasteiger partial charge in [0.25, 0.3) is 0 Å². The van der Waals surface area contributed by atoms with Crippen LogP contribution in [0.15, 0.2) is 48.7 Å². The third-order valence-corrected chi connectivity index (χ3v) is 5.47. The van der Waals surface area contributed by atoms with E-state index < -0.39 is 0 Å². The predicted octanol–water partition coefficient (Wildman–Crippen LogP) is 4.78. The van der Waals surface area contributed by atoms with Crippen molar-refractivity contribution in [2.24, 2.45) is 5.84 Å². The molecule has 2 aromatic carbocycles. The summed E-state index contributed by atoms with van der Waals surface area (Å²) in [5, 5.41) is 1.68. The van der Waals surface area contributed by atoms with Crippen LogP contribution in [-0.4, -0.2) is 17.0 Å². The molecule has 3 aromatic rings. The Morgan fingerprint density at radius 3 is 2.69 bits per heavy atom. The highest BCUT2D eigenvalue weighted by atomic mass is 16.5. The summed E-state index contributed by atoms with van der Waals surface area (Å²) in [5.74, 6) is 8.34. The van der Waals surface area contributed by atoms with E-state index in [1.54, 1.807) is 5.01 Å². The molecule has 0 aliphatic heterocycles. The summed E-state index contributed by atoms with van der Waals surface area (Å²) < 4.78 is 6.25. The van der Waals surface area contributed by atoms with Crippen LogP contribution in [0.5, 0.6) is 5.75 Å². The van der Waals surface area contributed by atoms with Crippen molar-refractivity contribution in [2.45, 2.75) is 45.6 Å². The summed E-state index contributed by atoms with van der Waals surface area (Å²) in [4.78, 5) is 9.04. The molecule has 5 nitrogen and oxygen atoms in total. The molecule has 1 aliphatic carbocycles. The molecule has 0 radical (unpaired) electrons. The Hall–Kier alpha value is -2.92. The largest absolute Gasteiger partial charge is 0.489 e. The quantitative estimate of drug-likeness (QED) is 0.466. The van der Waals surface area contributed by atoms with Gasteiger partial charge in [0.15, 0.2) is 5.82 Å². The predicted molar refractivity (Wildman–Crippen MR) is 117 cm³/mol. The molecule has 0 saturated heterocycles. The number of aryl methyl sites for hydroxylation is 2. The van der Waals surface area contributed by atoms with E-state index in [9.17, 15) is 0 Å². The number of nitrogens with two attached hydrogens (primary N) is 1. The summed E-state index contributed by atoms with van der Waals surface area (Å²) in [5.41, 5.74) is 6.68. The van der Waals surface area contributed by atoms with Gasteiger partial charge < -0.3 is 9.75 Å². The maximum atomic E-state index is 6.25. The number of aromatic nitrogens is 2. The second-order valence-corrected chi connectivity index (χ2v) is 7.72. The van der Waals surface area contributed by atoms with E-state index in [4.69, 9.17) is 10.6 Å². The number of hydrazine groups is 1. The van der Waals surface area contributed by atoms with Crippen LogP contribution in [0.2, 0.25) is 0 Å². The maximum absolute atomic E-state index is 6.25. The fourth-order valence-corrected chi connectivity index (χ4v) is 3.69.